The fourth-order valence-electron chi connectivity index (χ4n) is 1.51. The normalized spacial score (nSPS) is 11.6. The summed E-state index contributed by atoms with van der Waals surface area (Å²) in [4.78, 5) is 11.7. The van der Waals surface area contributed by atoms with Crippen LogP contribution in [-0.4, -0.2) is 18.5 Å². The Bertz CT molecular complexity index is 394. The van der Waals surface area contributed by atoms with E-state index in [2.05, 4.69) is 0 Å². The molecular weight excluding hydrogens is 226 g/mol. The molecule has 0 saturated heterocycles. The van der Waals surface area contributed by atoms with Crippen LogP contribution < -0.4 is 0 Å². The fraction of sp³-hybridized carbons (Fsp3) is 0.462. The van der Waals surface area contributed by atoms with Crippen molar-refractivity contribution in [1.82, 2.24) is 0 Å². The first-order valence-electron chi connectivity index (χ1n) is 5.35. The Hall–Kier alpha value is -1.29. The summed E-state index contributed by atoms with van der Waals surface area (Å²) < 4.78 is 31.7. The number of hydrogen-bond donors (Lipinski definition) is 0. The van der Waals surface area contributed by atoms with Crippen molar-refractivity contribution in [2.75, 3.05) is 7.11 Å². The molecule has 4 heteroatoms. The van der Waals surface area contributed by atoms with E-state index in [0.29, 0.717) is 0 Å². The number of hydrogen-bond acceptors (Lipinski definition) is 2. The van der Waals surface area contributed by atoms with Crippen molar-refractivity contribution >= 4 is 5.78 Å². The maximum absolute atomic E-state index is 13.3. The summed E-state index contributed by atoms with van der Waals surface area (Å²) in [7, 11) is 1.50. The second-order valence-electron chi connectivity index (χ2n) is 4.56. The van der Waals surface area contributed by atoms with Gasteiger partial charge in [0, 0.05) is 25.5 Å². The van der Waals surface area contributed by atoms with Gasteiger partial charge in [-0.3, -0.25) is 4.79 Å². The molecule has 1 rings (SSSR count). The first kappa shape index (κ1) is 13.8. The molecule has 0 spiro atoms. The van der Waals surface area contributed by atoms with Gasteiger partial charge in [0.2, 0.25) is 0 Å². The Kier molecular flexibility index (Phi) is 4.34. The lowest BCUT2D eigenvalue weighted by molar-refractivity contribution is -0.123. The number of carbonyl (C=O) groups excluding carboxylic acids is 1. The molecule has 0 radical (unpaired) electrons. The lowest BCUT2D eigenvalue weighted by Crippen LogP contribution is -2.27. The van der Waals surface area contributed by atoms with Crippen LogP contribution in [0.25, 0.3) is 0 Å². The lowest BCUT2D eigenvalue weighted by Gasteiger charge is -2.21. The molecule has 0 aliphatic carbocycles. The summed E-state index contributed by atoms with van der Waals surface area (Å²) in [6, 6.07) is 3.57. The fourth-order valence-corrected chi connectivity index (χ4v) is 1.51. The molecule has 0 aromatic heterocycles. The molecule has 0 unspecified atom stereocenters. The van der Waals surface area contributed by atoms with Gasteiger partial charge in [-0.15, -0.1) is 0 Å². The van der Waals surface area contributed by atoms with Gasteiger partial charge in [-0.1, -0.05) is 6.07 Å². The Morgan fingerprint density at radius 2 is 1.82 bits per heavy atom. The minimum atomic E-state index is -0.687. The van der Waals surface area contributed by atoms with Gasteiger partial charge in [-0.25, -0.2) is 8.78 Å². The lowest BCUT2D eigenvalue weighted by atomic mass is 9.97. The molecule has 1 aromatic rings. The molecule has 0 N–H and O–H groups in total. The molecule has 0 bridgehead atoms. The first-order valence-corrected chi connectivity index (χ1v) is 5.35. The van der Waals surface area contributed by atoms with E-state index in [1.807, 2.05) is 0 Å². The summed E-state index contributed by atoms with van der Waals surface area (Å²) in [5.74, 6) is -1.62. The Labute approximate surface area is 99.6 Å². The predicted octanol–water partition coefficient (Wildman–Crippen LogP) is 2.89. The molecule has 0 aliphatic heterocycles. The van der Waals surface area contributed by atoms with Crippen molar-refractivity contribution in [1.29, 1.82) is 0 Å². The highest BCUT2D eigenvalue weighted by Crippen LogP contribution is 2.18. The Morgan fingerprint density at radius 1 is 1.29 bits per heavy atom. The van der Waals surface area contributed by atoms with E-state index >= 15 is 0 Å². The standard InChI is InChI=1S/C13H16F2O2/c1-13(2,17-3)8-9(16)7-10-11(14)5-4-6-12(10)15/h4-6H,7-8H2,1-3H3. The van der Waals surface area contributed by atoms with Crippen LogP contribution in [0.4, 0.5) is 8.78 Å². The van der Waals surface area contributed by atoms with Crippen LogP contribution in [0.15, 0.2) is 18.2 Å². The van der Waals surface area contributed by atoms with Crippen LogP contribution in [0.1, 0.15) is 25.8 Å². The van der Waals surface area contributed by atoms with Gasteiger partial charge in [-0.05, 0) is 26.0 Å². The predicted molar refractivity (Wildman–Crippen MR) is 60.8 cm³/mol. The first-order chi connectivity index (χ1) is 7.85. The molecule has 0 saturated carbocycles. The van der Waals surface area contributed by atoms with E-state index in [4.69, 9.17) is 4.74 Å². The highest BCUT2D eigenvalue weighted by Gasteiger charge is 2.22. The Balaban J connectivity index is 2.75. The third-order valence-corrected chi connectivity index (χ3v) is 2.61. The van der Waals surface area contributed by atoms with Crippen LogP contribution in [0.3, 0.4) is 0 Å². The van der Waals surface area contributed by atoms with Crippen LogP contribution in [-0.2, 0) is 16.0 Å². The molecule has 94 valence electrons. The number of carbonyl (C=O) groups is 1. The molecule has 1 aromatic carbocycles. The van der Waals surface area contributed by atoms with Crippen molar-refractivity contribution < 1.29 is 18.3 Å². The van der Waals surface area contributed by atoms with Crippen molar-refractivity contribution in [3.8, 4) is 0 Å². The monoisotopic (exact) mass is 242 g/mol. The van der Waals surface area contributed by atoms with Gasteiger partial charge < -0.3 is 4.74 Å². The molecule has 2 nitrogen and oxygen atoms in total. The van der Waals surface area contributed by atoms with E-state index in [1.54, 1.807) is 13.8 Å². The minimum absolute atomic E-state index is 0.122. The van der Waals surface area contributed by atoms with Crippen molar-refractivity contribution in [2.45, 2.75) is 32.3 Å². The zero-order chi connectivity index (χ0) is 13.1. The van der Waals surface area contributed by atoms with Crippen LogP contribution in [0.5, 0.6) is 0 Å². The SMILES string of the molecule is COC(C)(C)CC(=O)Cc1c(F)cccc1F. The minimum Gasteiger partial charge on any atom is -0.378 e. The molecule has 0 fully saturated rings. The molecule has 0 atom stereocenters. The number of benzene rings is 1. The van der Waals surface area contributed by atoms with Crippen LogP contribution in [0, 0.1) is 11.6 Å². The number of rotatable bonds is 5. The average molecular weight is 242 g/mol. The second-order valence-corrected chi connectivity index (χ2v) is 4.56. The molecule has 17 heavy (non-hydrogen) atoms. The summed E-state index contributed by atoms with van der Waals surface area (Å²) in [5.41, 5.74) is -0.789. The van der Waals surface area contributed by atoms with Gasteiger partial charge in [0.05, 0.1) is 5.60 Å². The maximum atomic E-state index is 13.3. The van der Waals surface area contributed by atoms with E-state index in [9.17, 15) is 13.6 Å². The third-order valence-electron chi connectivity index (χ3n) is 2.61. The van der Waals surface area contributed by atoms with E-state index in [-0.39, 0.29) is 24.2 Å². The highest BCUT2D eigenvalue weighted by atomic mass is 19.1. The molecule has 0 heterocycles. The third kappa shape index (κ3) is 3.89. The quantitative estimate of drug-likeness (QED) is 0.793. The van der Waals surface area contributed by atoms with E-state index < -0.39 is 17.2 Å². The van der Waals surface area contributed by atoms with Crippen LogP contribution in [0.2, 0.25) is 0 Å². The molecule has 0 amide bonds. The van der Waals surface area contributed by atoms with Gasteiger partial charge in [0.25, 0.3) is 0 Å². The van der Waals surface area contributed by atoms with Crippen molar-refractivity contribution in [3.05, 3.63) is 35.4 Å². The van der Waals surface area contributed by atoms with Crippen LogP contribution >= 0.6 is 0 Å². The topological polar surface area (TPSA) is 26.3 Å². The number of methoxy groups -OCH3 is 1. The van der Waals surface area contributed by atoms with Gasteiger partial charge in [0.15, 0.2) is 0 Å². The number of Topliss-reactive ketones (excluding diaryl/α,β-unsaturated/α-hetero) is 1. The zero-order valence-electron chi connectivity index (χ0n) is 10.2. The molecular formula is C13H16F2O2. The summed E-state index contributed by atoms with van der Waals surface area (Å²) in [5, 5.41) is 0. The van der Waals surface area contributed by atoms with Gasteiger partial charge in [-0.2, -0.15) is 0 Å². The van der Waals surface area contributed by atoms with E-state index in [0.717, 1.165) is 12.1 Å². The number of ether oxygens (including phenoxy) is 1. The smallest absolute Gasteiger partial charge is 0.140 e. The second kappa shape index (κ2) is 5.36. The largest absolute Gasteiger partial charge is 0.378 e. The van der Waals surface area contributed by atoms with Crippen molar-refractivity contribution in [2.24, 2.45) is 0 Å². The number of halogens is 2. The average Bonchev–Trinajstić information content (AvgIpc) is 2.23. The molecule has 0 aliphatic rings. The zero-order valence-corrected chi connectivity index (χ0v) is 10.2. The summed E-state index contributed by atoms with van der Waals surface area (Å²) >= 11 is 0. The highest BCUT2D eigenvalue weighted by molar-refractivity contribution is 5.81. The number of ketones is 1. The summed E-state index contributed by atoms with van der Waals surface area (Å²) in [6.45, 7) is 3.51. The van der Waals surface area contributed by atoms with Gasteiger partial charge in [0.1, 0.15) is 17.4 Å². The van der Waals surface area contributed by atoms with E-state index in [1.165, 1.54) is 13.2 Å². The Morgan fingerprint density at radius 3 is 2.29 bits per heavy atom. The van der Waals surface area contributed by atoms with Crippen molar-refractivity contribution in [3.63, 3.8) is 0 Å². The summed E-state index contributed by atoms with van der Waals surface area (Å²) in [6.07, 6.45) is -0.122. The maximum Gasteiger partial charge on any atom is 0.140 e. The van der Waals surface area contributed by atoms with Gasteiger partial charge >= 0.3 is 0 Å².